The molecule has 21 heavy (non-hydrogen) atoms. The van der Waals surface area contributed by atoms with E-state index in [1.165, 1.54) is 5.56 Å². The third-order valence-corrected chi connectivity index (χ3v) is 4.40. The Labute approximate surface area is 125 Å². The van der Waals surface area contributed by atoms with E-state index >= 15 is 0 Å². The molecule has 0 spiro atoms. The van der Waals surface area contributed by atoms with Crippen LogP contribution < -0.4 is 5.32 Å². The molecule has 3 unspecified atom stereocenters. The average molecular weight is 289 g/mol. The van der Waals surface area contributed by atoms with E-state index < -0.39 is 5.97 Å². The van der Waals surface area contributed by atoms with Crippen molar-refractivity contribution in [2.24, 2.45) is 11.8 Å². The molecule has 3 atom stereocenters. The summed E-state index contributed by atoms with van der Waals surface area (Å²) in [6.07, 6.45) is 2.69. The second-order valence-electron chi connectivity index (χ2n) is 5.94. The van der Waals surface area contributed by atoms with Gasteiger partial charge in [-0.15, -0.1) is 0 Å². The molecule has 4 nitrogen and oxygen atoms in total. The topological polar surface area (TPSA) is 66.4 Å². The van der Waals surface area contributed by atoms with Crippen molar-refractivity contribution in [2.75, 3.05) is 6.54 Å². The predicted molar refractivity (Wildman–Crippen MR) is 81.0 cm³/mol. The van der Waals surface area contributed by atoms with Crippen molar-refractivity contribution < 1.29 is 14.7 Å². The maximum atomic E-state index is 12.0. The molecular formula is C17H23NO3. The minimum atomic E-state index is -0.775. The van der Waals surface area contributed by atoms with Crippen molar-refractivity contribution >= 4 is 11.9 Å². The first kappa shape index (κ1) is 15.5. The third kappa shape index (κ3) is 4.31. The Bertz CT molecular complexity index is 486. The van der Waals surface area contributed by atoms with E-state index in [0.717, 1.165) is 6.42 Å². The van der Waals surface area contributed by atoms with E-state index in [2.05, 4.69) is 24.4 Å². The van der Waals surface area contributed by atoms with Gasteiger partial charge in [-0.3, -0.25) is 9.59 Å². The maximum absolute atomic E-state index is 12.0. The van der Waals surface area contributed by atoms with E-state index in [9.17, 15) is 9.59 Å². The van der Waals surface area contributed by atoms with E-state index in [1.807, 2.05) is 18.2 Å². The van der Waals surface area contributed by atoms with Crippen LogP contribution in [0.1, 0.15) is 44.1 Å². The minimum Gasteiger partial charge on any atom is -0.481 e. The highest BCUT2D eigenvalue weighted by Crippen LogP contribution is 2.31. The van der Waals surface area contributed by atoms with Crippen molar-refractivity contribution in [1.29, 1.82) is 0 Å². The van der Waals surface area contributed by atoms with E-state index in [-0.39, 0.29) is 17.7 Å². The summed E-state index contributed by atoms with van der Waals surface area (Å²) in [6, 6.07) is 10.2. The van der Waals surface area contributed by atoms with Crippen LogP contribution in [0.15, 0.2) is 30.3 Å². The summed E-state index contributed by atoms with van der Waals surface area (Å²) in [5, 5.41) is 11.9. The largest absolute Gasteiger partial charge is 0.481 e. The molecule has 1 aromatic rings. The molecule has 1 aromatic carbocycles. The first-order valence-electron chi connectivity index (χ1n) is 7.63. The van der Waals surface area contributed by atoms with Crippen LogP contribution in [0.4, 0.5) is 0 Å². The second-order valence-corrected chi connectivity index (χ2v) is 5.94. The fraction of sp³-hybridized carbons (Fsp3) is 0.529. The molecule has 0 aliphatic heterocycles. The SMILES string of the molecule is CC(CCNC(=O)C1CCC(C(=O)O)C1)c1ccccc1. The summed E-state index contributed by atoms with van der Waals surface area (Å²) in [5.41, 5.74) is 1.28. The van der Waals surface area contributed by atoms with Crippen LogP contribution in [-0.2, 0) is 9.59 Å². The molecule has 0 aromatic heterocycles. The average Bonchev–Trinajstić information content (AvgIpc) is 2.98. The Balaban J connectivity index is 1.71. The van der Waals surface area contributed by atoms with Gasteiger partial charge < -0.3 is 10.4 Å². The zero-order chi connectivity index (χ0) is 15.2. The molecule has 2 N–H and O–H groups in total. The number of carbonyl (C=O) groups excluding carboxylic acids is 1. The van der Waals surface area contributed by atoms with Crippen molar-refractivity contribution in [3.63, 3.8) is 0 Å². The lowest BCUT2D eigenvalue weighted by atomic mass is 9.98. The summed E-state index contributed by atoms with van der Waals surface area (Å²) in [7, 11) is 0. The van der Waals surface area contributed by atoms with Crippen LogP contribution in [0, 0.1) is 11.8 Å². The monoisotopic (exact) mass is 289 g/mol. The summed E-state index contributed by atoms with van der Waals surface area (Å²) in [6.45, 7) is 2.79. The van der Waals surface area contributed by atoms with Gasteiger partial charge in [0.05, 0.1) is 5.92 Å². The zero-order valence-corrected chi connectivity index (χ0v) is 12.4. The number of nitrogens with one attached hydrogen (secondary N) is 1. The third-order valence-electron chi connectivity index (χ3n) is 4.40. The van der Waals surface area contributed by atoms with Gasteiger partial charge >= 0.3 is 5.97 Å². The molecular weight excluding hydrogens is 266 g/mol. The van der Waals surface area contributed by atoms with Gasteiger partial charge in [-0.25, -0.2) is 0 Å². The van der Waals surface area contributed by atoms with Gasteiger partial charge in [-0.2, -0.15) is 0 Å². The first-order chi connectivity index (χ1) is 10.1. The predicted octanol–water partition coefficient (Wildman–Crippen LogP) is 2.80. The van der Waals surface area contributed by atoms with Gasteiger partial charge in [0.25, 0.3) is 0 Å². The highest BCUT2D eigenvalue weighted by molar-refractivity contribution is 5.80. The van der Waals surface area contributed by atoms with Crippen LogP contribution in [0.25, 0.3) is 0 Å². The highest BCUT2D eigenvalue weighted by atomic mass is 16.4. The van der Waals surface area contributed by atoms with Crippen LogP contribution in [0.5, 0.6) is 0 Å². The number of carbonyl (C=O) groups is 2. The van der Waals surface area contributed by atoms with Gasteiger partial charge in [-0.1, -0.05) is 37.3 Å². The van der Waals surface area contributed by atoms with E-state index in [1.54, 1.807) is 0 Å². The Hall–Kier alpha value is -1.84. The molecule has 0 saturated heterocycles. The van der Waals surface area contributed by atoms with Crippen molar-refractivity contribution in [3.05, 3.63) is 35.9 Å². The van der Waals surface area contributed by atoms with Gasteiger partial charge in [-0.05, 0) is 37.2 Å². The highest BCUT2D eigenvalue weighted by Gasteiger charge is 2.33. The van der Waals surface area contributed by atoms with Crippen LogP contribution in [0.3, 0.4) is 0 Å². The molecule has 0 radical (unpaired) electrons. The molecule has 0 bridgehead atoms. The number of amides is 1. The molecule has 1 fully saturated rings. The summed E-state index contributed by atoms with van der Waals surface area (Å²) in [4.78, 5) is 22.9. The standard InChI is InChI=1S/C17H23NO3/c1-12(13-5-3-2-4-6-13)9-10-18-16(19)14-7-8-15(11-14)17(20)21/h2-6,12,14-15H,7-11H2,1H3,(H,18,19)(H,20,21). The normalized spacial score (nSPS) is 22.7. The smallest absolute Gasteiger partial charge is 0.306 e. The summed E-state index contributed by atoms with van der Waals surface area (Å²) in [5.74, 6) is -0.828. The van der Waals surface area contributed by atoms with E-state index in [0.29, 0.717) is 31.7 Å². The number of hydrogen-bond donors (Lipinski definition) is 2. The number of carboxylic acid groups (broad SMARTS) is 1. The first-order valence-corrected chi connectivity index (χ1v) is 7.63. The molecule has 1 aliphatic rings. The molecule has 1 saturated carbocycles. The Kier molecular flexibility index (Phi) is 5.37. The Morgan fingerprint density at radius 1 is 1.24 bits per heavy atom. The van der Waals surface area contributed by atoms with Crippen LogP contribution in [0.2, 0.25) is 0 Å². The van der Waals surface area contributed by atoms with Crippen molar-refractivity contribution in [1.82, 2.24) is 5.32 Å². The minimum absolute atomic E-state index is 0.0130. The maximum Gasteiger partial charge on any atom is 0.306 e. The second kappa shape index (κ2) is 7.25. The van der Waals surface area contributed by atoms with Crippen molar-refractivity contribution in [2.45, 2.75) is 38.5 Å². The summed E-state index contributed by atoms with van der Waals surface area (Å²) >= 11 is 0. The lowest BCUT2D eigenvalue weighted by Crippen LogP contribution is -2.31. The Morgan fingerprint density at radius 2 is 1.90 bits per heavy atom. The number of hydrogen-bond acceptors (Lipinski definition) is 2. The number of rotatable bonds is 6. The van der Waals surface area contributed by atoms with Crippen LogP contribution in [-0.4, -0.2) is 23.5 Å². The number of benzene rings is 1. The molecule has 2 rings (SSSR count). The fourth-order valence-corrected chi connectivity index (χ4v) is 2.95. The van der Waals surface area contributed by atoms with E-state index in [4.69, 9.17) is 5.11 Å². The lowest BCUT2D eigenvalue weighted by molar-refractivity contribution is -0.141. The fourth-order valence-electron chi connectivity index (χ4n) is 2.95. The molecule has 114 valence electrons. The summed E-state index contributed by atoms with van der Waals surface area (Å²) < 4.78 is 0. The van der Waals surface area contributed by atoms with Gasteiger partial charge in [0.2, 0.25) is 5.91 Å². The molecule has 4 heteroatoms. The van der Waals surface area contributed by atoms with Crippen molar-refractivity contribution in [3.8, 4) is 0 Å². The van der Waals surface area contributed by atoms with Gasteiger partial charge in [0.15, 0.2) is 0 Å². The number of carboxylic acids is 1. The zero-order valence-electron chi connectivity index (χ0n) is 12.4. The van der Waals surface area contributed by atoms with Gasteiger partial charge in [0, 0.05) is 12.5 Å². The Morgan fingerprint density at radius 3 is 2.52 bits per heavy atom. The van der Waals surface area contributed by atoms with Gasteiger partial charge in [0.1, 0.15) is 0 Å². The quantitative estimate of drug-likeness (QED) is 0.846. The lowest BCUT2D eigenvalue weighted by Gasteiger charge is -2.14. The number of aliphatic carboxylic acids is 1. The molecule has 0 heterocycles. The molecule has 1 amide bonds. The van der Waals surface area contributed by atoms with Crippen LogP contribution >= 0.6 is 0 Å². The molecule has 1 aliphatic carbocycles.